The van der Waals surface area contributed by atoms with Crippen molar-refractivity contribution in [1.29, 1.82) is 0 Å². The first-order valence-electron chi connectivity index (χ1n) is 8.15. The molecule has 25 heavy (non-hydrogen) atoms. The summed E-state index contributed by atoms with van der Waals surface area (Å²) in [6.07, 6.45) is 5.32. The van der Waals surface area contributed by atoms with Gasteiger partial charge in [0.2, 0.25) is 5.91 Å². The van der Waals surface area contributed by atoms with E-state index < -0.39 is 0 Å². The van der Waals surface area contributed by atoms with Gasteiger partial charge in [-0.15, -0.1) is 0 Å². The number of carbonyl (C=O) groups excluding carboxylic acids is 1. The third-order valence-corrected chi connectivity index (χ3v) is 4.92. The first-order chi connectivity index (χ1) is 12.1. The van der Waals surface area contributed by atoms with Gasteiger partial charge in [-0.05, 0) is 35.4 Å². The standard InChI is InChI=1S/C19H19BrClN3O/c20-17-5-1-15(2-6-17)4-8-19(25)24-11-9-23(10-12-24)14-16-3-7-18(21)22-13-16/h1-8,13H,9-12,14H2/b8-4+. The van der Waals surface area contributed by atoms with Crippen molar-refractivity contribution in [3.8, 4) is 0 Å². The van der Waals surface area contributed by atoms with E-state index in [2.05, 4.69) is 25.8 Å². The van der Waals surface area contributed by atoms with Gasteiger partial charge in [-0.1, -0.05) is 45.7 Å². The third-order valence-electron chi connectivity index (χ3n) is 4.17. The highest BCUT2D eigenvalue weighted by Crippen LogP contribution is 2.13. The smallest absolute Gasteiger partial charge is 0.246 e. The number of benzene rings is 1. The second kappa shape index (κ2) is 8.61. The van der Waals surface area contributed by atoms with Crippen LogP contribution in [0.1, 0.15) is 11.1 Å². The van der Waals surface area contributed by atoms with Gasteiger partial charge in [-0.3, -0.25) is 9.69 Å². The van der Waals surface area contributed by atoms with Crippen LogP contribution < -0.4 is 0 Å². The average molecular weight is 421 g/mol. The van der Waals surface area contributed by atoms with Gasteiger partial charge in [0.25, 0.3) is 0 Å². The molecule has 0 spiro atoms. The summed E-state index contributed by atoms with van der Waals surface area (Å²) in [6.45, 7) is 4.04. The molecule has 1 amide bonds. The summed E-state index contributed by atoms with van der Waals surface area (Å²) in [6, 6.07) is 11.7. The van der Waals surface area contributed by atoms with Crippen LogP contribution in [0, 0.1) is 0 Å². The lowest BCUT2D eigenvalue weighted by atomic mass is 10.2. The monoisotopic (exact) mass is 419 g/mol. The molecule has 1 aliphatic heterocycles. The molecule has 0 radical (unpaired) electrons. The summed E-state index contributed by atoms with van der Waals surface area (Å²) < 4.78 is 1.03. The maximum atomic E-state index is 12.3. The van der Waals surface area contributed by atoms with E-state index in [0.717, 1.165) is 48.3 Å². The number of carbonyl (C=O) groups is 1. The van der Waals surface area contributed by atoms with E-state index in [9.17, 15) is 4.79 Å². The van der Waals surface area contributed by atoms with E-state index in [1.165, 1.54) is 0 Å². The predicted molar refractivity (Wildman–Crippen MR) is 104 cm³/mol. The molecular formula is C19H19BrClN3O. The van der Waals surface area contributed by atoms with E-state index in [1.54, 1.807) is 12.3 Å². The lowest BCUT2D eigenvalue weighted by Crippen LogP contribution is -2.47. The molecule has 2 heterocycles. The summed E-state index contributed by atoms with van der Waals surface area (Å²) in [5, 5.41) is 0.511. The number of aromatic nitrogens is 1. The maximum Gasteiger partial charge on any atom is 0.246 e. The molecule has 6 heteroatoms. The number of hydrogen-bond acceptors (Lipinski definition) is 3. The minimum atomic E-state index is 0.0655. The number of hydrogen-bond donors (Lipinski definition) is 0. The first kappa shape index (κ1) is 18.1. The van der Waals surface area contributed by atoms with Crippen LogP contribution in [0.4, 0.5) is 0 Å². The Morgan fingerprint density at radius 3 is 2.48 bits per heavy atom. The molecule has 4 nitrogen and oxygen atoms in total. The zero-order valence-electron chi connectivity index (χ0n) is 13.7. The summed E-state index contributed by atoms with van der Waals surface area (Å²) >= 11 is 9.22. The van der Waals surface area contributed by atoms with Gasteiger partial charge in [-0.2, -0.15) is 0 Å². The Kier molecular flexibility index (Phi) is 6.24. The second-order valence-electron chi connectivity index (χ2n) is 5.98. The van der Waals surface area contributed by atoms with Crippen molar-refractivity contribution in [1.82, 2.24) is 14.8 Å². The van der Waals surface area contributed by atoms with E-state index in [4.69, 9.17) is 11.6 Å². The molecule has 2 aromatic rings. The molecule has 0 bridgehead atoms. The molecule has 1 aromatic heterocycles. The topological polar surface area (TPSA) is 36.4 Å². The maximum absolute atomic E-state index is 12.3. The van der Waals surface area contributed by atoms with Gasteiger partial charge in [0, 0.05) is 49.5 Å². The highest BCUT2D eigenvalue weighted by atomic mass is 79.9. The Hall–Kier alpha value is -1.69. The van der Waals surface area contributed by atoms with Gasteiger partial charge < -0.3 is 4.90 Å². The van der Waals surface area contributed by atoms with Gasteiger partial charge in [-0.25, -0.2) is 4.98 Å². The normalized spacial score (nSPS) is 15.7. The van der Waals surface area contributed by atoms with E-state index >= 15 is 0 Å². The van der Waals surface area contributed by atoms with Crippen LogP contribution in [0.3, 0.4) is 0 Å². The summed E-state index contributed by atoms with van der Waals surface area (Å²) in [4.78, 5) is 20.7. The number of pyridine rings is 1. The van der Waals surface area contributed by atoms with Gasteiger partial charge in [0.15, 0.2) is 0 Å². The van der Waals surface area contributed by atoms with E-state index in [1.807, 2.05) is 47.4 Å². The lowest BCUT2D eigenvalue weighted by molar-refractivity contribution is -0.127. The molecule has 1 aromatic carbocycles. The fraction of sp³-hybridized carbons (Fsp3) is 0.263. The molecule has 1 saturated heterocycles. The van der Waals surface area contributed by atoms with Crippen molar-refractivity contribution >= 4 is 39.5 Å². The predicted octanol–water partition coefficient (Wildman–Crippen LogP) is 3.86. The Bertz CT molecular complexity index is 738. The van der Waals surface area contributed by atoms with Crippen LogP contribution >= 0.6 is 27.5 Å². The lowest BCUT2D eigenvalue weighted by Gasteiger charge is -2.34. The van der Waals surface area contributed by atoms with Gasteiger partial charge in [0.05, 0.1) is 0 Å². The van der Waals surface area contributed by atoms with Crippen molar-refractivity contribution in [2.24, 2.45) is 0 Å². The van der Waals surface area contributed by atoms with E-state index in [-0.39, 0.29) is 5.91 Å². The molecule has 0 saturated carbocycles. The van der Waals surface area contributed by atoms with Crippen molar-refractivity contribution in [3.05, 3.63) is 69.4 Å². The molecular weight excluding hydrogens is 402 g/mol. The molecule has 1 fully saturated rings. The van der Waals surface area contributed by atoms with Crippen molar-refractivity contribution in [3.63, 3.8) is 0 Å². The zero-order chi connectivity index (χ0) is 17.6. The van der Waals surface area contributed by atoms with Crippen LogP contribution in [0.5, 0.6) is 0 Å². The minimum Gasteiger partial charge on any atom is -0.337 e. The highest BCUT2D eigenvalue weighted by molar-refractivity contribution is 9.10. The minimum absolute atomic E-state index is 0.0655. The number of halogens is 2. The van der Waals surface area contributed by atoms with Crippen LogP contribution in [0.15, 0.2) is 53.1 Å². The van der Waals surface area contributed by atoms with Crippen molar-refractivity contribution < 1.29 is 4.79 Å². The van der Waals surface area contributed by atoms with E-state index in [0.29, 0.717) is 5.15 Å². The third kappa shape index (κ3) is 5.39. The molecule has 1 aliphatic rings. The van der Waals surface area contributed by atoms with Crippen molar-refractivity contribution in [2.45, 2.75) is 6.54 Å². The zero-order valence-corrected chi connectivity index (χ0v) is 16.1. The molecule has 130 valence electrons. The SMILES string of the molecule is O=C(/C=C/c1ccc(Br)cc1)N1CCN(Cc2ccc(Cl)nc2)CC1. The molecule has 0 N–H and O–H groups in total. The largest absolute Gasteiger partial charge is 0.337 e. The average Bonchev–Trinajstić information content (AvgIpc) is 2.63. The summed E-state index contributed by atoms with van der Waals surface area (Å²) in [5.41, 5.74) is 2.16. The Balaban J connectivity index is 1.48. The number of amides is 1. The quantitative estimate of drug-likeness (QED) is 0.557. The van der Waals surface area contributed by atoms with Crippen LogP contribution in [-0.2, 0) is 11.3 Å². The fourth-order valence-corrected chi connectivity index (χ4v) is 3.11. The van der Waals surface area contributed by atoms with Crippen molar-refractivity contribution in [2.75, 3.05) is 26.2 Å². The second-order valence-corrected chi connectivity index (χ2v) is 7.28. The van der Waals surface area contributed by atoms with Crippen LogP contribution in [-0.4, -0.2) is 46.9 Å². The van der Waals surface area contributed by atoms with Gasteiger partial charge >= 0.3 is 0 Å². The Morgan fingerprint density at radius 2 is 1.84 bits per heavy atom. The Morgan fingerprint density at radius 1 is 1.12 bits per heavy atom. The number of nitrogens with zero attached hydrogens (tertiary/aromatic N) is 3. The number of piperazine rings is 1. The van der Waals surface area contributed by atoms with Crippen LogP contribution in [0.2, 0.25) is 5.15 Å². The molecule has 0 aliphatic carbocycles. The summed E-state index contributed by atoms with van der Waals surface area (Å²) in [5.74, 6) is 0.0655. The molecule has 0 atom stereocenters. The molecule has 3 rings (SSSR count). The van der Waals surface area contributed by atoms with Gasteiger partial charge in [0.1, 0.15) is 5.15 Å². The highest BCUT2D eigenvalue weighted by Gasteiger charge is 2.19. The van der Waals surface area contributed by atoms with Crippen LogP contribution in [0.25, 0.3) is 6.08 Å². The first-order valence-corrected chi connectivity index (χ1v) is 9.32. The number of rotatable bonds is 4. The summed E-state index contributed by atoms with van der Waals surface area (Å²) in [7, 11) is 0. The Labute approximate surface area is 161 Å². The molecule has 0 unspecified atom stereocenters. The fourth-order valence-electron chi connectivity index (χ4n) is 2.73.